The van der Waals surface area contributed by atoms with E-state index in [9.17, 15) is 24.3 Å². The van der Waals surface area contributed by atoms with Crippen LogP contribution in [0.2, 0.25) is 18.6 Å². The standard InChI is InChI=1S/C40H43N3O7Si/c1-27-38(51(2,3)48)35(23-36(45)41(21-22-44)24-28-11-5-4-6-12-28)50-40(27)31-13-7-8-14-32(31)42(39(40)47)25-29-17-19-30(20-18-29)43-33-15-9-10-16-34(33)49-26-37(43)46/h4-20,27,35,38,44,48H,21-26H2,1-3H3/t27-,35+,38-,40+/m1/s1. The fourth-order valence-electron chi connectivity index (χ4n) is 8.22. The summed E-state index contributed by atoms with van der Waals surface area (Å²) in [5, 5.41) is 9.81. The Morgan fingerprint density at radius 3 is 2.27 bits per heavy atom. The average Bonchev–Trinajstić information content (AvgIpc) is 3.55. The third-order valence-electron chi connectivity index (χ3n) is 10.4. The van der Waals surface area contributed by atoms with Gasteiger partial charge in [-0.1, -0.05) is 79.7 Å². The summed E-state index contributed by atoms with van der Waals surface area (Å²) >= 11 is 0. The second-order valence-corrected chi connectivity index (χ2v) is 18.1. The Hall–Kier alpha value is -4.81. The second-order valence-electron chi connectivity index (χ2n) is 14.1. The van der Waals surface area contributed by atoms with Gasteiger partial charge in [-0.2, -0.15) is 0 Å². The first kappa shape index (κ1) is 34.6. The van der Waals surface area contributed by atoms with Crippen molar-refractivity contribution >= 4 is 43.1 Å². The third-order valence-corrected chi connectivity index (χ3v) is 13.0. The van der Waals surface area contributed by atoms with Crippen LogP contribution in [0.25, 0.3) is 0 Å². The number of fused-ring (bicyclic) bond motifs is 3. The van der Waals surface area contributed by atoms with Crippen LogP contribution < -0.4 is 14.5 Å². The quantitative estimate of drug-likeness (QED) is 0.209. The minimum atomic E-state index is -3.00. The average molecular weight is 706 g/mol. The Balaban J connectivity index is 1.16. The van der Waals surface area contributed by atoms with Gasteiger partial charge in [-0.25, -0.2) is 0 Å². The lowest BCUT2D eigenvalue weighted by Crippen LogP contribution is -2.46. The van der Waals surface area contributed by atoms with Crippen LogP contribution in [0.3, 0.4) is 0 Å². The fraction of sp³-hybridized carbons (Fsp3) is 0.325. The van der Waals surface area contributed by atoms with E-state index in [0.29, 0.717) is 23.7 Å². The highest BCUT2D eigenvalue weighted by Gasteiger charge is 2.66. The molecule has 3 aliphatic rings. The van der Waals surface area contributed by atoms with Gasteiger partial charge in [-0.3, -0.25) is 19.3 Å². The molecule has 0 unspecified atom stereocenters. The molecule has 4 aromatic rings. The lowest BCUT2D eigenvalue weighted by molar-refractivity contribution is -0.150. The van der Waals surface area contributed by atoms with Gasteiger partial charge in [0.15, 0.2) is 20.5 Å². The van der Waals surface area contributed by atoms with Crippen LogP contribution in [0.5, 0.6) is 5.75 Å². The zero-order valence-corrected chi connectivity index (χ0v) is 30.1. The highest BCUT2D eigenvalue weighted by molar-refractivity contribution is 6.71. The molecule has 0 saturated carbocycles. The van der Waals surface area contributed by atoms with E-state index in [2.05, 4.69) is 0 Å². The minimum Gasteiger partial charge on any atom is -0.482 e. The molecule has 4 atom stereocenters. The van der Waals surface area contributed by atoms with Crippen molar-refractivity contribution in [3.8, 4) is 5.75 Å². The molecule has 3 amide bonds. The van der Waals surface area contributed by atoms with Gasteiger partial charge in [-0.05, 0) is 54.6 Å². The number of amides is 3. The second kappa shape index (κ2) is 13.7. The SMILES string of the molecule is C[C@@H]1[C@@H]([Si](C)(C)O)[C@H](CC(=O)N(CCO)Cc2ccccc2)O[C@@]12C(=O)N(Cc1ccc(N3C(=O)COc4ccccc43)cc1)c1ccccc12. The molecule has 11 heteroatoms. The van der Waals surface area contributed by atoms with Crippen molar-refractivity contribution in [1.82, 2.24) is 4.90 Å². The Morgan fingerprint density at radius 2 is 1.57 bits per heavy atom. The number of para-hydroxylation sites is 3. The molecule has 1 saturated heterocycles. The number of nitrogens with zero attached hydrogens (tertiary/aromatic N) is 3. The summed E-state index contributed by atoms with van der Waals surface area (Å²) in [6.45, 7) is 6.15. The van der Waals surface area contributed by atoms with E-state index in [1.54, 1.807) is 14.7 Å². The number of anilines is 3. The molecule has 0 aliphatic carbocycles. The summed E-state index contributed by atoms with van der Waals surface area (Å²) in [6, 6.07) is 32.2. The van der Waals surface area contributed by atoms with Crippen molar-refractivity contribution in [2.75, 3.05) is 29.6 Å². The smallest absolute Gasteiger partial charge is 0.269 e. The Morgan fingerprint density at radius 1 is 0.902 bits per heavy atom. The van der Waals surface area contributed by atoms with Gasteiger partial charge in [-0.15, -0.1) is 0 Å². The fourth-order valence-corrected chi connectivity index (χ4v) is 10.8. The zero-order chi connectivity index (χ0) is 35.9. The summed E-state index contributed by atoms with van der Waals surface area (Å²) in [7, 11) is -3.00. The van der Waals surface area contributed by atoms with Crippen molar-refractivity contribution in [3.05, 3.63) is 120 Å². The molecule has 51 heavy (non-hydrogen) atoms. The molecule has 0 aromatic heterocycles. The molecule has 3 aliphatic heterocycles. The van der Waals surface area contributed by atoms with Gasteiger partial charge in [0.25, 0.3) is 11.8 Å². The van der Waals surface area contributed by atoms with Crippen molar-refractivity contribution in [1.29, 1.82) is 0 Å². The van der Waals surface area contributed by atoms with Gasteiger partial charge in [0.2, 0.25) is 5.91 Å². The number of benzene rings is 4. The first-order valence-electron chi connectivity index (χ1n) is 17.4. The first-order chi connectivity index (χ1) is 24.5. The van der Waals surface area contributed by atoms with Crippen LogP contribution in [0.4, 0.5) is 17.1 Å². The van der Waals surface area contributed by atoms with E-state index in [-0.39, 0.29) is 50.4 Å². The van der Waals surface area contributed by atoms with Crippen LogP contribution in [0.15, 0.2) is 103 Å². The van der Waals surface area contributed by atoms with E-state index in [0.717, 1.165) is 22.4 Å². The number of hydrogen-bond donors (Lipinski definition) is 2. The molecule has 1 fully saturated rings. The lowest BCUT2D eigenvalue weighted by atomic mass is 9.82. The Labute approximate surface area is 299 Å². The topological polar surface area (TPSA) is 120 Å². The van der Waals surface area contributed by atoms with E-state index in [1.165, 1.54) is 0 Å². The number of carbonyl (C=O) groups excluding carboxylic acids is 3. The Bertz CT molecular complexity index is 1930. The summed E-state index contributed by atoms with van der Waals surface area (Å²) in [4.78, 5) is 58.3. The summed E-state index contributed by atoms with van der Waals surface area (Å²) in [5.41, 5.74) is 2.83. The van der Waals surface area contributed by atoms with Gasteiger partial charge in [0.05, 0.1) is 37.1 Å². The highest BCUT2D eigenvalue weighted by atomic mass is 28.4. The zero-order valence-electron chi connectivity index (χ0n) is 29.1. The van der Waals surface area contributed by atoms with Crippen LogP contribution in [0, 0.1) is 5.92 Å². The third kappa shape index (κ3) is 6.24. The maximum atomic E-state index is 14.8. The minimum absolute atomic E-state index is 0.0269. The molecule has 0 radical (unpaired) electrons. The first-order valence-corrected chi connectivity index (χ1v) is 20.4. The van der Waals surface area contributed by atoms with Crippen LogP contribution in [-0.4, -0.2) is 66.7 Å². The normalized spacial score (nSPS) is 22.6. The largest absolute Gasteiger partial charge is 0.482 e. The van der Waals surface area contributed by atoms with E-state index in [4.69, 9.17) is 9.47 Å². The van der Waals surface area contributed by atoms with Gasteiger partial charge in [0.1, 0.15) is 5.75 Å². The molecule has 264 valence electrons. The van der Waals surface area contributed by atoms with E-state index in [1.807, 2.05) is 123 Å². The summed E-state index contributed by atoms with van der Waals surface area (Å²) in [6.07, 6.45) is -0.734. The molecular weight excluding hydrogens is 663 g/mol. The van der Waals surface area contributed by atoms with Crippen molar-refractivity contribution in [2.24, 2.45) is 5.92 Å². The highest BCUT2D eigenvalue weighted by Crippen LogP contribution is 2.59. The van der Waals surface area contributed by atoms with Crippen molar-refractivity contribution < 1.29 is 33.8 Å². The molecule has 0 bridgehead atoms. The number of rotatable bonds is 10. The number of carbonyl (C=O) groups is 3. The monoisotopic (exact) mass is 705 g/mol. The van der Waals surface area contributed by atoms with Gasteiger partial charge >= 0.3 is 0 Å². The van der Waals surface area contributed by atoms with Crippen LogP contribution >= 0.6 is 0 Å². The molecule has 1 spiro atoms. The predicted octanol–water partition coefficient (Wildman–Crippen LogP) is 5.50. The van der Waals surface area contributed by atoms with E-state index < -0.39 is 31.5 Å². The van der Waals surface area contributed by atoms with Crippen LogP contribution in [-0.2, 0) is 37.8 Å². The number of ether oxygens (including phenoxy) is 2. The van der Waals surface area contributed by atoms with Crippen molar-refractivity contribution in [3.63, 3.8) is 0 Å². The number of hydrogen-bond acceptors (Lipinski definition) is 7. The molecule has 10 nitrogen and oxygen atoms in total. The molecule has 2 N–H and O–H groups in total. The molecule has 3 heterocycles. The maximum Gasteiger partial charge on any atom is 0.269 e. The summed E-state index contributed by atoms with van der Waals surface area (Å²) < 4.78 is 12.5. The predicted molar refractivity (Wildman–Crippen MR) is 196 cm³/mol. The lowest BCUT2D eigenvalue weighted by Gasteiger charge is -2.32. The Kier molecular flexibility index (Phi) is 9.32. The van der Waals surface area contributed by atoms with Crippen LogP contribution in [0.1, 0.15) is 30.0 Å². The molecule has 4 aromatic carbocycles. The summed E-state index contributed by atoms with van der Waals surface area (Å²) in [5.74, 6) is -0.386. The maximum absolute atomic E-state index is 14.8. The van der Waals surface area contributed by atoms with Gasteiger partial charge in [0, 0.05) is 35.8 Å². The molecular formula is C40H43N3O7Si. The van der Waals surface area contributed by atoms with Crippen molar-refractivity contribution in [2.45, 2.75) is 56.8 Å². The molecule has 7 rings (SSSR count). The number of aliphatic hydroxyl groups excluding tert-OH is 1. The van der Waals surface area contributed by atoms with E-state index >= 15 is 0 Å². The van der Waals surface area contributed by atoms with Gasteiger partial charge < -0.3 is 29.2 Å². The number of aliphatic hydroxyl groups is 1.